The molecule has 1 aromatic rings. The van der Waals surface area contributed by atoms with Gasteiger partial charge in [0.15, 0.2) is 0 Å². The zero-order valence-electron chi connectivity index (χ0n) is 11.1. The third-order valence-corrected chi connectivity index (χ3v) is 4.38. The van der Waals surface area contributed by atoms with Crippen molar-refractivity contribution in [3.8, 4) is 5.75 Å². The quantitative estimate of drug-likeness (QED) is 0.775. The second-order valence-electron chi connectivity index (χ2n) is 5.47. The summed E-state index contributed by atoms with van der Waals surface area (Å²) in [6, 6.07) is 2.19. The molecule has 0 aliphatic heterocycles. The van der Waals surface area contributed by atoms with Crippen LogP contribution in [0.25, 0.3) is 0 Å². The molecule has 94 valence electrons. The van der Waals surface area contributed by atoms with Gasteiger partial charge in [0, 0.05) is 10.0 Å². The predicted molar refractivity (Wildman–Crippen MR) is 75.9 cm³/mol. The van der Waals surface area contributed by atoms with E-state index in [0.717, 1.165) is 11.7 Å². The van der Waals surface area contributed by atoms with Gasteiger partial charge in [0.1, 0.15) is 5.75 Å². The third-order valence-electron chi connectivity index (χ3n) is 3.67. The zero-order chi connectivity index (χ0) is 12.6. The molecule has 1 atom stereocenters. The molecular formula is C15H21BrO. The molecule has 17 heavy (non-hydrogen) atoms. The minimum absolute atomic E-state index is 0.677. The Morgan fingerprint density at radius 1 is 1.47 bits per heavy atom. The maximum atomic E-state index is 5.63. The van der Waals surface area contributed by atoms with E-state index in [0.29, 0.717) is 5.92 Å². The number of rotatable bonds is 3. The number of fused-ring (bicyclic) bond motifs is 1. The van der Waals surface area contributed by atoms with E-state index in [9.17, 15) is 0 Å². The van der Waals surface area contributed by atoms with Gasteiger partial charge in [-0.1, -0.05) is 29.8 Å². The van der Waals surface area contributed by atoms with E-state index in [1.54, 1.807) is 7.11 Å². The van der Waals surface area contributed by atoms with E-state index in [1.165, 1.54) is 40.4 Å². The number of hydrogen-bond acceptors (Lipinski definition) is 1. The Morgan fingerprint density at radius 2 is 2.18 bits per heavy atom. The van der Waals surface area contributed by atoms with E-state index in [4.69, 9.17) is 4.74 Å². The molecule has 1 unspecified atom stereocenters. The first-order valence-electron chi connectivity index (χ1n) is 6.40. The van der Waals surface area contributed by atoms with E-state index in [-0.39, 0.29) is 0 Å². The largest absolute Gasteiger partial charge is 0.496 e. The Kier molecular flexibility index (Phi) is 3.82. The Balaban J connectivity index is 2.48. The summed E-state index contributed by atoms with van der Waals surface area (Å²) in [5.74, 6) is 2.54. The summed E-state index contributed by atoms with van der Waals surface area (Å²) in [7, 11) is 1.79. The normalized spacial score (nSPS) is 18.6. The highest BCUT2D eigenvalue weighted by Crippen LogP contribution is 2.46. The molecule has 0 bridgehead atoms. The van der Waals surface area contributed by atoms with Gasteiger partial charge >= 0.3 is 0 Å². The maximum Gasteiger partial charge on any atom is 0.125 e. The third kappa shape index (κ3) is 2.37. The van der Waals surface area contributed by atoms with Crippen molar-refractivity contribution >= 4 is 15.9 Å². The van der Waals surface area contributed by atoms with Gasteiger partial charge in [-0.3, -0.25) is 0 Å². The van der Waals surface area contributed by atoms with Crippen LogP contribution in [-0.4, -0.2) is 7.11 Å². The summed E-state index contributed by atoms with van der Waals surface area (Å²) >= 11 is 3.70. The van der Waals surface area contributed by atoms with E-state index in [1.807, 2.05) is 0 Å². The summed E-state index contributed by atoms with van der Waals surface area (Å²) < 4.78 is 6.89. The molecule has 1 nitrogen and oxygen atoms in total. The van der Waals surface area contributed by atoms with Gasteiger partial charge in [0.2, 0.25) is 0 Å². The Labute approximate surface area is 113 Å². The number of aryl methyl sites for hydroxylation is 1. The van der Waals surface area contributed by atoms with Gasteiger partial charge in [-0.25, -0.2) is 0 Å². The number of hydrogen-bond donors (Lipinski definition) is 0. The first-order valence-corrected chi connectivity index (χ1v) is 7.19. The molecule has 0 radical (unpaired) electrons. The molecule has 0 saturated carbocycles. The second kappa shape index (κ2) is 5.01. The van der Waals surface area contributed by atoms with Gasteiger partial charge in [-0.15, -0.1) is 0 Å². The highest BCUT2D eigenvalue weighted by atomic mass is 79.9. The molecular weight excluding hydrogens is 276 g/mol. The average molecular weight is 297 g/mol. The number of methoxy groups -OCH3 is 1. The molecule has 0 heterocycles. The van der Waals surface area contributed by atoms with E-state index >= 15 is 0 Å². The van der Waals surface area contributed by atoms with Crippen LogP contribution in [0.1, 0.15) is 49.3 Å². The summed E-state index contributed by atoms with van der Waals surface area (Å²) in [5.41, 5.74) is 4.18. The van der Waals surface area contributed by atoms with Gasteiger partial charge in [0.25, 0.3) is 0 Å². The standard InChI is InChI=1S/C15H21BrO/c1-9(2)7-11-5-6-12-13(16)8-10(3)15(17-4)14(11)12/h8-9,11H,5-7H2,1-4H3. The molecule has 0 saturated heterocycles. The van der Waals surface area contributed by atoms with Crippen LogP contribution in [0.3, 0.4) is 0 Å². The first kappa shape index (κ1) is 12.9. The molecule has 0 aromatic heterocycles. The van der Waals surface area contributed by atoms with Crippen molar-refractivity contribution in [3.05, 3.63) is 27.2 Å². The van der Waals surface area contributed by atoms with Gasteiger partial charge in [-0.05, 0) is 55.2 Å². The Hall–Kier alpha value is -0.500. The maximum absolute atomic E-state index is 5.63. The van der Waals surface area contributed by atoms with Crippen LogP contribution in [-0.2, 0) is 6.42 Å². The fourth-order valence-electron chi connectivity index (χ4n) is 3.05. The highest BCUT2D eigenvalue weighted by molar-refractivity contribution is 9.10. The smallest absolute Gasteiger partial charge is 0.125 e. The molecule has 1 aromatic carbocycles. The van der Waals surface area contributed by atoms with Gasteiger partial charge in [-0.2, -0.15) is 0 Å². The summed E-state index contributed by atoms with van der Waals surface area (Å²) in [5, 5.41) is 0. The molecule has 0 spiro atoms. The van der Waals surface area contributed by atoms with Crippen molar-refractivity contribution in [2.45, 2.75) is 46.0 Å². The predicted octanol–water partition coefficient (Wildman–Crippen LogP) is 4.84. The SMILES string of the molecule is COc1c(C)cc(Br)c2c1C(CC(C)C)CC2. The minimum Gasteiger partial charge on any atom is -0.496 e. The van der Waals surface area contributed by atoms with Crippen LogP contribution in [0.15, 0.2) is 10.5 Å². The van der Waals surface area contributed by atoms with Crippen molar-refractivity contribution in [1.29, 1.82) is 0 Å². The zero-order valence-corrected chi connectivity index (χ0v) is 12.7. The van der Waals surface area contributed by atoms with Crippen molar-refractivity contribution in [2.24, 2.45) is 5.92 Å². The van der Waals surface area contributed by atoms with Crippen molar-refractivity contribution in [1.82, 2.24) is 0 Å². The topological polar surface area (TPSA) is 9.23 Å². The van der Waals surface area contributed by atoms with E-state index < -0.39 is 0 Å². The van der Waals surface area contributed by atoms with Crippen LogP contribution in [0.2, 0.25) is 0 Å². The molecule has 1 aliphatic rings. The number of ether oxygens (including phenoxy) is 1. The van der Waals surface area contributed by atoms with E-state index in [2.05, 4.69) is 42.8 Å². The fourth-order valence-corrected chi connectivity index (χ4v) is 3.80. The lowest BCUT2D eigenvalue weighted by atomic mass is 9.90. The van der Waals surface area contributed by atoms with Gasteiger partial charge in [0.05, 0.1) is 7.11 Å². The van der Waals surface area contributed by atoms with Crippen molar-refractivity contribution in [2.75, 3.05) is 7.11 Å². The minimum atomic E-state index is 0.677. The van der Waals surface area contributed by atoms with Crippen molar-refractivity contribution < 1.29 is 4.74 Å². The molecule has 2 heteroatoms. The number of halogens is 1. The molecule has 1 aliphatic carbocycles. The average Bonchev–Trinajstić information content (AvgIpc) is 2.62. The van der Waals surface area contributed by atoms with Crippen LogP contribution in [0.4, 0.5) is 0 Å². The highest BCUT2D eigenvalue weighted by Gasteiger charge is 2.29. The lowest BCUT2D eigenvalue weighted by Crippen LogP contribution is -2.03. The Morgan fingerprint density at radius 3 is 2.76 bits per heavy atom. The van der Waals surface area contributed by atoms with Crippen LogP contribution < -0.4 is 4.74 Å². The lowest BCUT2D eigenvalue weighted by molar-refractivity contribution is 0.397. The molecule has 0 amide bonds. The number of benzene rings is 1. The second-order valence-corrected chi connectivity index (χ2v) is 6.32. The first-order chi connectivity index (χ1) is 8.04. The van der Waals surface area contributed by atoms with Crippen LogP contribution in [0, 0.1) is 12.8 Å². The fraction of sp³-hybridized carbons (Fsp3) is 0.600. The van der Waals surface area contributed by atoms with Crippen LogP contribution in [0.5, 0.6) is 5.75 Å². The summed E-state index contributed by atoms with van der Waals surface area (Å²) in [6.45, 7) is 6.74. The monoisotopic (exact) mass is 296 g/mol. The lowest BCUT2D eigenvalue weighted by Gasteiger charge is -2.19. The summed E-state index contributed by atoms with van der Waals surface area (Å²) in [6.07, 6.45) is 3.72. The summed E-state index contributed by atoms with van der Waals surface area (Å²) in [4.78, 5) is 0. The van der Waals surface area contributed by atoms with Crippen molar-refractivity contribution in [3.63, 3.8) is 0 Å². The van der Waals surface area contributed by atoms with Gasteiger partial charge < -0.3 is 4.74 Å². The van der Waals surface area contributed by atoms with Crippen LogP contribution >= 0.6 is 15.9 Å². The molecule has 0 N–H and O–H groups in total. The Bertz CT molecular complexity index is 423. The molecule has 0 fully saturated rings. The molecule has 2 rings (SSSR count).